The van der Waals surface area contributed by atoms with Crippen LogP contribution >= 0.6 is 0 Å². The predicted molar refractivity (Wildman–Crippen MR) is 225 cm³/mol. The fourth-order valence-corrected chi connectivity index (χ4v) is 9.52. The summed E-state index contributed by atoms with van der Waals surface area (Å²) in [7, 11) is 1.50. The number of ether oxygens (including phenoxy) is 5. The van der Waals surface area contributed by atoms with Gasteiger partial charge >= 0.3 is 6.09 Å². The topological polar surface area (TPSA) is 181 Å². The molecule has 0 radical (unpaired) electrons. The highest BCUT2D eigenvalue weighted by molar-refractivity contribution is 6.03. The van der Waals surface area contributed by atoms with Gasteiger partial charge in [-0.1, -0.05) is 36.2 Å². The number of carbonyl (C=O) groups excluding carboxylic acids is 2. The van der Waals surface area contributed by atoms with E-state index >= 15 is 4.79 Å². The van der Waals surface area contributed by atoms with Crippen molar-refractivity contribution in [2.75, 3.05) is 40.3 Å². The number of carbonyl (C=O) groups is 2. The lowest BCUT2D eigenvalue weighted by Gasteiger charge is -2.60. The molecule has 6 atom stereocenters. The van der Waals surface area contributed by atoms with E-state index in [1.165, 1.54) is 7.11 Å². The van der Waals surface area contributed by atoms with Gasteiger partial charge in [0.1, 0.15) is 24.7 Å². The van der Waals surface area contributed by atoms with Crippen LogP contribution in [0.2, 0.25) is 0 Å². The Hall–Kier alpha value is -5.88. The monoisotopic (exact) mass is 834 g/mol. The van der Waals surface area contributed by atoms with Crippen LogP contribution in [0.5, 0.6) is 23.0 Å². The Balaban J connectivity index is 1.46. The molecule has 14 heteroatoms. The highest BCUT2D eigenvalue weighted by atomic mass is 16.7. The summed E-state index contributed by atoms with van der Waals surface area (Å²) in [4.78, 5) is 35.3. The van der Waals surface area contributed by atoms with E-state index in [-0.39, 0.29) is 63.2 Å². The van der Waals surface area contributed by atoms with Gasteiger partial charge in [0.25, 0.3) is 5.91 Å². The average Bonchev–Trinajstić information content (AvgIpc) is 3.75. The van der Waals surface area contributed by atoms with E-state index in [1.807, 2.05) is 31.2 Å². The van der Waals surface area contributed by atoms with Crippen molar-refractivity contribution >= 4 is 17.7 Å². The molecule has 2 aliphatic heterocycles. The molecule has 0 saturated heterocycles. The molecule has 61 heavy (non-hydrogen) atoms. The van der Waals surface area contributed by atoms with Crippen LogP contribution in [0.3, 0.4) is 0 Å². The van der Waals surface area contributed by atoms with Crippen LogP contribution in [-0.2, 0) is 16.1 Å². The minimum Gasteiger partial charge on any atom is -0.459 e. The predicted octanol–water partition coefficient (Wildman–Crippen LogP) is 7.00. The molecule has 0 bridgehead atoms. The van der Waals surface area contributed by atoms with Crippen molar-refractivity contribution in [1.82, 2.24) is 10.2 Å². The van der Waals surface area contributed by atoms with Gasteiger partial charge in [-0.25, -0.2) is 4.79 Å². The Morgan fingerprint density at radius 1 is 1.02 bits per heavy atom. The maximum absolute atomic E-state index is 15.2. The van der Waals surface area contributed by atoms with E-state index in [4.69, 9.17) is 28.5 Å². The number of unbranched alkanes of at least 4 members (excludes halogenated alkanes) is 2. The lowest BCUT2D eigenvalue weighted by molar-refractivity contribution is -0.255. The number of aliphatic hydroxyl groups excluding tert-OH is 2. The number of nitrogens with one attached hydrogen (secondary N) is 1. The Morgan fingerprint density at radius 2 is 1.77 bits per heavy atom. The van der Waals surface area contributed by atoms with E-state index in [9.17, 15) is 20.3 Å². The van der Waals surface area contributed by atoms with Crippen molar-refractivity contribution in [2.24, 2.45) is 22.9 Å². The number of oxime groups is 1. The molecule has 6 unspecified atom stereocenters. The van der Waals surface area contributed by atoms with Crippen LogP contribution in [0.25, 0.3) is 0 Å². The van der Waals surface area contributed by atoms with Gasteiger partial charge in [-0.05, 0) is 110 Å². The number of hydrogen-bond acceptors (Lipinski definition) is 12. The van der Waals surface area contributed by atoms with E-state index in [2.05, 4.69) is 29.2 Å². The second-order valence-electron chi connectivity index (χ2n) is 15.7. The summed E-state index contributed by atoms with van der Waals surface area (Å²) >= 11 is 0. The molecule has 3 aromatic carbocycles. The van der Waals surface area contributed by atoms with Crippen LogP contribution < -0.4 is 24.3 Å². The van der Waals surface area contributed by atoms with Gasteiger partial charge in [0.2, 0.25) is 12.6 Å². The second-order valence-corrected chi connectivity index (χ2v) is 15.7. The number of rotatable bonds is 18. The molecule has 2 aliphatic carbocycles. The normalized spacial score (nSPS) is 23.7. The third kappa shape index (κ3) is 8.96. The largest absolute Gasteiger partial charge is 0.459 e. The number of fused-ring (bicyclic) bond motifs is 3. The van der Waals surface area contributed by atoms with E-state index in [0.717, 1.165) is 42.4 Å². The first-order valence-corrected chi connectivity index (χ1v) is 21.1. The maximum atomic E-state index is 15.2. The number of aliphatic hydroxyl groups is 2. The lowest BCUT2D eigenvalue weighted by atomic mass is 9.55. The summed E-state index contributed by atoms with van der Waals surface area (Å²) in [6.45, 7) is 6.62. The first-order chi connectivity index (χ1) is 29.8. The van der Waals surface area contributed by atoms with Crippen molar-refractivity contribution in [3.05, 3.63) is 107 Å². The Labute approximate surface area is 356 Å². The summed E-state index contributed by atoms with van der Waals surface area (Å²) in [6.07, 6.45) is 7.80. The third-order valence-corrected chi connectivity index (χ3v) is 12.1. The zero-order valence-electron chi connectivity index (χ0n) is 34.7. The van der Waals surface area contributed by atoms with Crippen LogP contribution in [-0.4, -0.2) is 84.9 Å². The minimum atomic E-state index is -1.53. The summed E-state index contributed by atoms with van der Waals surface area (Å²) in [5, 5.41) is 36.7. The summed E-state index contributed by atoms with van der Waals surface area (Å²) in [5.41, 5.74) is 3.86. The molecule has 3 N–H and O–H groups in total. The van der Waals surface area contributed by atoms with E-state index in [0.29, 0.717) is 59.2 Å². The van der Waals surface area contributed by atoms with Crippen LogP contribution in [0.15, 0.2) is 90.1 Å². The molecule has 3 aromatic rings. The highest BCUT2D eigenvalue weighted by Crippen LogP contribution is 2.62. The van der Waals surface area contributed by atoms with Gasteiger partial charge in [0, 0.05) is 49.8 Å². The second kappa shape index (κ2) is 19.7. The van der Waals surface area contributed by atoms with Crippen molar-refractivity contribution in [3.8, 4) is 29.1 Å². The van der Waals surface area contributed by atoms with Gasteiger partial charge < -0.3 is 49.0 Å². The summed E-state index contributed by atoms with van der Waals surface area (Å²) in [6, 6.07) is 18.8. The quantitative estimate of drug-likeness (QED) is 0.0682. The van der Waals surface area contributed by atoms with Crippen molar-refractivity contribution in [3.63, 3.8) is 0 Å². The maximum Gasteiger partial charge on any atom is 0.412 e. The van der Waals surface area contributed by atoms with Crippen molar-refractivity contribution < 1.29 is 48.3 Å². The zero-order chi connectivity index (χ0) is 42.9. The van der Waals surface area contributed by atoms with Gasteiger partial charge in [-0.3, -0.25) is 4.79 Å². The summed E-state index contributed by atoms with van der Waals surface area (Å²) in [5.74, 6) is -0.753. The smallest absolute Gasteiger partial charge is 0.412 e. The van der Waals surface area contributed by atoms with Crippen molar-refractivity contribution in [2.45, 2.75) is 76.2 Å². The Kier molecular flexibility index (Phi) is 13.9. The summed E-state index contributed by atoms with van der Waals surface area (Å²) < 4.78 is 31.5. The van der Waals surface area contributed by atoms with Crippen molar-refractivity contribution in [1.29, 1.82) is 5.26 Å². The molecule has 322 valence electrons. The molecule has 14 nitrogen and oxygen atoms in total. The number of hydrogen-bond donors (Lipinski definition) is 3. The van der Waals surface area contributed by atoms with Gasteiger partial charge in [-0.2, -0.15) is 5.26 Å². The van der Waals surface area contributed by atoms with Crippen LogP contribution in [0, 0.1) is 29.1 Å². The molecule has 2 heterocycles. The van der Waals surface area contributed by atoms with E-state index in [1.54, 1.807) is 47.4 Å². The van der Waals surface area contributed by atoms with Gasteiger partial charge in [0.05, 0.1) is 29.9 Å². The molecule has 1 saturated carbocycles. The molecule has 0 spiro atoms. The number of nitriles is 1. The number of benzene rings is 3. The lowest BCUT2D eigenvalue weighted by Crippen LogP contribution is -2.70. The molecular weight excluding hydrogens is 781 g/mol. The number of allylic oxidation sites excluding steroid dienone is 1. The standard InChI is InChI=1S/C47H54N4O10/c1-4-22-59-47-42(51(45(54)32-15-12-30(27-48)13-16-32)28-31-14-18-40-41(23-31)58-29-57-40)26-38(50-56-3)36-24-33(10-6-8-20-52)35(11-7-9-21-53)43(44(36)47)37-25-34(17-19-39(37)61-47)60-46(55)49-5-2/h4,12-19,23-25,33,35,42-44,52-53H,1,5-11,20-22,26,28-29H2,2-3H3,(H,49,55). The fourth-order valence-electron chi connectivity index (χ4n) is 9.52. The minimum absolute atomic E-state index is 0.0149. The SMILES string of the molecule is C=CCOC12Oc3ccc(OC(=O)NCC)cc3C3C(CCCCO)C(CCCCO)C=C(C(=NOC)CC1N(Cc1ccc4c(c1)OCO4)C(=O)c1ccc(C#N)cc1)C32. The molecule has 7 rings (SSSR count). The Morgan fingerprint density at radius 3 is 2.49 bits per heavy atom. The molecular formula is C47H54N4O10. The zero-order valence-corrected chi connectivity index (χ0v) is 34.7. The fraction of sp³-hybridized carbons (Fsp3) is 0.447. The highest BCUT2D eigenvalue weighted by Gasteiger charge is 2.65. The van der Waals surface area contributed by atoms with Crippen LogP contribution in [0.1, 0.15) is 84.8 Å². The molecule has 2 amide bonds. The number of nitrogens with zero attached hydrogens (tertiary/aromatic N) is 3. The van der Waals surface area contributed by atoms with Gasteiger partial charge in [-0.15, -0.1) is 6.58 Å². The molecule has 0 aromatic heterocycles. The van der Waals surface area contributed by atoms with Crippen LogP contribution in [0.4, 0.5) is 4.79 Å². The average molecular weight is 835 g/mol. The number of amides is 2. The van der Waals surface area contributed by atoms with E-state index < -0.39 is 23.8 Å². The Bertz CT molecular complexity index is 2170. The molecule has 4 aliphatic rings. The first kappa shape index (κ1) is 43.2. The van der Waals surface area contributed by atoms with Gasteiger partial charge in [0.15, 0.2) is 11.5 Å². The third-order valence-electron chi connectivity index (χ3n) is 12.1. The first-order valence-electron chi connectivity index (χ1n) is 21.1. The molecule has 1 fully saturated rings.